The van der Waals surface area contributed by atoms with E-state index in [1.54, 1.807) is 4.57 Å². The maximum Gasteiger partial charge on any atom is 0.343 e. The fraction of sp³-hybridized carbons (Fsp3) is 0.647. The van der Waals surface area contributed by atoms with Crippen molar-refractivity contribution >= 4 is 0 Å². The summed E-state index contributed by atoms with van der Waals surface area (Å²) in [7, 11) is 0. The van der Waals surface area contributed by atoms with Gasteiger partial charge in [-0.2, -0.15) is 5.10 Å². The Hall–Kier alpha value is -2.02. The number of hydrogen-bond donors (Lipinski definition) is 1. The molecule has 1 fully saturated rings. The minimum absolute atomic E-state index is 0.0968. The van der Waals surface area contributed by atoms with Gasteiger partial charge in [0, 0.05) is 32.1 Å². The summed E-state index contributed by atoms with van der Waals surface area (Å²) in [6.07, 6.45) is 5.88. The van der Waals surface area contributed by atoms with Crippen LogP contribution in [0.1, 0.15) is 44.0 Å². The number of piperidine rings is 1. The van der Waals surface area contributed by atoms with Crippen molar-refractivity contribution in [2.45, 2.75) is 52.6 Å². The molecule has 0 aromatic carbocycles. The number of H-pyrrole nitrogens is 1. The number of nitrogens with one attached hydrogen (secondary N) is 1. The van der Waals surface area contributed by atoms with Crippen molar-refractivity contribution in [3.63, 3.8) is 0 Å². The molecule has 7 nitrogen and oxygen atoms in total. The summed E-state index contributed by atoms with van der Waals surface area (Å²) < 4.78 is 1.74. The summed E-state index contributed by atoms with van der Waals surface area (Å²) in [5.41, 5.74) is 1.01. The van der Waals surface area contributed by atoms with E-state index < -0.39 is 0 Å². The molecule has 0 bridgehead atoms. The molecule has 0 saturated carbocycles. The van der Waals surface area contributed by atoms with Crippen molar-refractivity contribution in [1.82, 2.24) is 29.6 Å². The van der Waals surface area contributed by atoms with Crippen LogP contribution in [0.25, 0.3) is 0 Å². The molecule has 0 atom stereocenters. The van der Waals surface area contributed by atoms with Gasteiger partial charge < -0.3 is 0 Å². The van der Waals surface area contributed by atoms with Gasteiger partial charge in [-0.3, -0.25) is 9.47 Å². The lowest BCUT2D eigenvalue weighted by Gasteiger charge is -2.31. The average molecular weight is 330 g/mol. The van der Waals surface area contributed by atoms with Crippen molar-refractivity contribution in [1.29, 1.82) is 0 Å². The van der Waals surface area contributed by atoms with Crippen molar-refractivity contribution in [2.24, 2.45) is 5.92 Å². The number of hydrogen-bond acceptors (Lipinski definition) is 5. The third-order valence-electron chi connectivity index (χ3n) is 4.80. The molecule has 2 aromatic heterocycles. The number of aromatic nitrogens is 5. The molecule has 7 heteroatoms. The van der Waals surface area contributed by atoms with Crippen LogP contribution in [0.5, 0.6) is 0 Å². The summed E-state index contributed by atoms with van der Waals surface area (Å²) in [4.78, 5) is 23.0. The molecule has 1 aliphatic heterocycles. The molecule has 1 aliphatic rings. The van der Waals surface area contributed by atoms with Crippen molar-refractivity contribution in [3.05, 3.63) is 40.1 Å². The summed E-state index contributed by atoms with van der Waals surface area (Å²) in [5, 5.41) is 6.74. The standard InChI is InChI=1S/C17H26N6O/c1-3-15-18-8-5-14(19-15)12-22-9-6-13(7-10-22)11-16-20-21-17(24)23(16)4-2/h5,8,13H,3-4,6-7,9-12H2,1-2H3,(H,21,24). The molecule has 0 amide bonds. The molecule has 24 heavy (non-hydrogen) atoms. The Labute approximate surface area is 142 Å². The fourth-order valence-corrected chi connectivity index (χ4v) is 3.37. The molecule has 2 aromatic rings. The summed E-state index contributed by atoms with van der Waals surface area (Å²) in [6, 6.07) is 2.01. The molecule has 0 aliphatic carbocycles. The Bertz CT molecular complexity index is 714. The maximum atomic E-state index is 11.6. The normalized spacial score (nSPS) is 16.6. The molecule has 0 radical (unpaired) electrons. The van der Waals surface area contributed by atoms with Gasteiger partial charge in [-0.25, -0.2) is 19.9 Å². The van der Waals surface area contributed by atoms with Crippen LogP contribution in [0.15, 0.2) is 17.1 Å². The second-order valence-corrected chi connectivity index (χ2v) is 6.43. The van der Waals surface area contributed by atoms with Crippen LogP contribution in [0.3, 0.4) is 0 Å². The lowest BCUT2D eigenvalue weighted by atomic mass is 9.93. The molecule has 1 saturated heterocycles. The topological polar surface area (TPSA) is 79.7 Å². The van der Waals surface area contributed by atoms with Gasteiger partial charge in [0.1, 0.15) is 11.6 Å². The van der Waals surface area contributed by atoms with Gasteiger partial charge in [0.2, 0.25) is 0 Å². The van der Waals surface area contributed by atoms with Crippen LogP contribution in [0, 0.1) is 5.92 Å². The second-order valence-electron chi connectivity index (χ2n) is 6.43. The van der Waals surface area contributed by atoms with Gasteiger partial charge in [-0.05, 0) is 44.8 Å². The van der Waals surface area contributed by atoms with Crippen LogP contribution in [0.4, 0.5) is 0 Å². The van der Waals surface area contributed by atoms with Gasteiger partial charge in [-0.15, -0.1) is 0 Å². The molecule has 0 unspecified atom stereocenters. The first-order valence-corrected chi connectivity index (χ1v) is 8.86. The number of likely N-dealkylation sites (tertiary alicyclic amines) is 1. The summed E-state index contributed by atoms with van der Waals surface area (Å²) in [6.45, 7) is 7.76. The van der Waals surface area contributed by atoms with Crippen LogP contribution in [-0.4, -0.2) is 42.7 Å². The van der Waals surface area contributed by atoms with Crippen molar-refractivity contribution in [2.75, 3.05) is 13.1 Å². The maximum absolute atomic E-state index is 11.6. The Morgan fingerprint density at radius 2 is 2.08 bits per heavy atom. The minimum Gasteiger partial charge on any atom is -0.297 e. The number of rotatable bonds is 6. The van der Waals surface area contributed by atoms with E-state index in [9.17, 15) is 4.79 Å². The van der Waals surface area contributed by atoms with Gasteiger partial charge in [0.25, 0.3) is 0 Å². The highest BCUT2D eigenvalue weighted by atomic mass is 16.1. The van der Waals surface area contributed by atoms with Crippen LogP contribution in [0.2, 0.25) is 0 Å². The summed E-state index contributed by atoms with van der Waals surface area (Å²) in [5.74, 6) is 2.40. The highest BCUT2D eigenvalue weighted by Crippen LogP contribution is 2.21. The first-order valence-electron chi connectivity index (χ1n) is 8.86. The molecular formula is C17H26N6O. The van der Waals surface area contributed by atoms with E-state index >= 15 is 0 Å². The highest BCUT2D eigenvalue weighted by molar-refractivity contribution is 5.02. The SMILES string of the molecule is CCc1nccc(CN2CCC(Cc3n[nH]c(=O)n3CC)CC2)n1. The largest absolute Gasteiger partial charge is 0.343 e. The zero-order valence-electron chi connectivity index (χ0n) is 14.5. The van der Waals surface area contributed by atoms with E-state index in [2.05, 4.69) is 32.0 Å². The predicted molar refractivity (Wildman–Crippen MR) is 91.6 cm³/mol. The number of aryl methyl sites for hydroxylation is 1. The molecule has 3 rings (SSSR count). The smallest absolute Gasteiger partial charge is 0.297 e. The van der Waals surface area contributed by atoms with E-state index in [4.69, 9.17) is 0 Å². The Morgan fingerprint density at radius 3 is 2.79 bits per heavy atom. The van der Waals surface area contributed by atoms with E-state index in [1.807, 2.05) is 19.2 Å². The lowest BCUT2D eigenvalue weighted by Crippen LogP contribution is -2.34. The van der Waals surface area contributed by atoms with Crippen molar-refractivity contribution < 1.29 is 0 Å². The van der Waals surface area contributed by atoms with Crippen LogP contribution < -0.4 is 5.69 Å². The first-order chi connectivity index (χ1) is 11.7. The van der Waals surface area contributed by atoms with Gasteiger partial charge >= 0.3 is 5.69 Å². The Balaban J connectivity index is 1.53. The highest BCUT2D eigenvalue weighted by Gasteiger charge is 2.22. The Morgan fingerprint density at radius 1 is 1.29 bits per heavy atom. The first kappa shape index (κ1) is 16.8. The van der Waals surface area contributed by atoms with E-state index in [1.165, 1.54) is 0 Å². The quantitative estimate of drug-likeness (QED) is 0.866. The van der Waals surface area contributed by atoms with Gasteiger partial charge in [0.15, 0.2) is 0 Å². The zero-order valence-corrected chi connectivity index (χ0v) is 14.5. The zero-order chi connectivity index (χ0) is 16.9. The van der Waals surface area contributed by atoms with E-state index in [-0.39, 0.29) is 5.69 Å². The number of nitrogens with zero attached hydrogens (tertiary/aromatic N) is 5. The minimum atomic E-state index is -0.0968. The number of aromatic amines is 1. The van der Waals surface area contributed by atoms with E-state index in [0.717, 1.165) is 62.7 Å². The van der Waals surface area contributed by atoms with E-state index in [0.29, 0.717) is 12.5 Å². The second kappa shape index (κ2) is 7.70. The molecular weight excluding hydrogens is 304 g/mol. The molecule has 3 heterocycles. The van der Waals surface area contributed by atoms with Crippen LogP contribution >= 0.6 is 0 Å². The van der Waals surface area contributed by atoms with Crippen LogP contribution in [-0.2, 0) is 25.9 Å². The fourth-order valence-electron chi connectivity index (χ4n) is 3.37. The monoisotopic (exact) mass is 330 g/mol. The summed E-state index contributed by atoms with van der Waals surface area (Å²) >= 11 is 0. The van der Waals surface area contributed by atoms with Gasteiger partial charge in [-0.1, -0.05) is 6.92 Å². The Kier molecular flexibility index (Phi) is 5.40. The lowest BCUT2D eigenvalue weighted by molar-refractivity contribution is 0.173. The molecule has 1 N–H and O–H groups in total. The molecule has 0 spiro atoms. The third-order valence-corrected chi connectivity index (χ3v) is 4.80. The van der Waals surface area contributed by atoms with Gasteiger partial charge in [0.05, 0.1) is 5.69 Å². The average Bonchev–Trinajstić information content (AvgIpc) is 2.96. The van der Waals surface area contributed by atoms with Crippen molar-refractivity contribution in [3.8, 4) is 0 Å². The molecule has 130 valence electrons. The predicted octanol–water partition coefficient (Wildman–Crippen LogP) is 1.40. The third kappa shape index (κ3) is 3.90.